The summed E-state index contributed by atoms with van der Waals surface area (Å²) in [5, 5.41) is -0.234. The summed E-state index contributed by atoms with van der Waals surface area (Å²) in [6.07, 6.45) is 3.70. The molecule has 1 aliphatic carbocycles. The quantitative estimate of drug-likeness (QED) is 0.838. The van der Waals surface area contributed by atoms with Gasteiger partial charge in [0, 0.05) is 5.69 Å². The van der Waals surface area contributed by atoms with Gasteiger partial charge < -0.3 is 5.73 Å². The van der Waals surface area contributed by atoms with Gasteiger partial charge in [-0.2, -0.15) is 0 Å². The van der Waals surface area contributed by atoms with Crippen molar-refractivity contribution in [1.82, 2.24) is 0 Å². The molecule has 0 spiro atoms. The van der Waals surface area contributed by atoms with Crippen LogP contribution in [0.25, 0.3) is 0 Å². The largest absolute Gasteiger partial charge is 0.398 e. The third-order valence-corrected chi connectivity index (χ3v) is 6.32. The second-order valence-electron chi connectivity index (χ2n) is 5.41. The molecule has 1 aliphatic rings. The minimum absolute atomic E-state index is 0.234. The van der Waals surface area contributed by atoms with Crippen molar-refractivity contribution in [1.29, 1.82) is 0 Å². The summed E-state index contributed by atoms with van der Waals surface area (Å²) in [5.41, 5.74) is 7.06. The van der Waals surface area contributed by atoms with E-state index in [4.69, 9.17) is 5.73 Å². The lowest BCUT2D eigenvalue weighted by Gasteiger charge is -2.27. The van der Waals surface area contributed by atoms with E-state index in [-0.39, 0.29) is 5.25 Å². The fourth-order valence-corrected chi connectivity index (χ4v) is 5.01. The first kappa shape index (κ1) is 13.4. The molecule has 1 aromatic carbocycles. The van der Waals surface area contributed by atoms with Gasteiger partial charge in [0.25, 0.3) is 0 Å². The molecule has 0 aromatic heterocycles. The van der Waals surface area contributed by atoms with Gasteiger partial charge in [-0.25, -0.2) is 8.42 Å². The normalized spacial score (nSPS) is 25.0. The van der Waals surface area contributed by atoms with Crippen molar-refractivity contribution in [3.8, 4) is 0 Å². The van der Waals surface area contributed by atoms with E-state index in [9.17, 15) is 8.42 Å². The minimum atomic E-state index is -3.23. The molecule has 18 heavy (non-hydrogen) atoms. The van der Waals surface area contributed by atoms with Gasteiger partial charge in [-0.1, -0.05) is 25.8 Å². The number of sulfone groups is 1. The van der Waals surface area contributed by atoms with E-state index in [1.165, 1.54) is 0 Å². The number of nitrogens with two attached hydrogens (primary N) is 1. The molecule has 1 fully saturated rings. The Morgan fingerprint density at radius 1 is 1.28 bits per heavy atom. The van der Waals surface area contributed by atoms with Crippen molar-refractivity contribution in [2.45, 2.75) is 49.7 Å². The lowest BCUT2D eigenvalue weighted by molar-refractivity contribution is 0.382. The van der Waals surface area contributed by atoms with Crippen LogP contribution in [-0.4, -0.2) is 13.7 Å². The van der Waals surface area contributed by atoms with Gasteiger partial charge in [0.2, 0.25) is 0 Å². The summed E-state index contributed by atoms with van der Waals surface area (Å²) >= 11 is 0. The molecule has 3 nitrogen and oxygen atoms in total. The second-order valence-corrected chi connectivity index (χ2v) is 7.61. The molecule has 0 radical (unpaired) electrons. The number of nitrogen functional groups attached to an aromatic ring is 1. The summed E-state index contributed by atoms with van der Waals surface area (Å²) in [4.78, 5) is 0.418. The van der Waals surface area contributed by atoms with E-state index in [0.29, 0.717) is 22.1 Å². The predicted octanol–water partition coefficient (Wildman–Crippen LogP) is 2.93. The van der Waals surface area contributed by atoms with Crippen molar-refractivity contribution in [2.24, 2.45) is 5.92 Å². The molecule has 100 valence electrons. The van der Waals surface area contributed by atoms with Gasteiger partial charge >= 0.3 is 0 Å². The summed E-state index contributed by atoms with van der Waals surface area (Å²) in [5.74, 6) is 0.500. The molecule has 0 saturated heterocycles. The standard InChI is InChI=1S/C14H21NO2S/c1-10-5-3-6-12(9-10)18(16,17)14-8-4-7-13(15)11(14)2/h4,7-8,10,12H,3,5-6,9,15H2,1-2H3. The molecule has 2 atom stereocenters. The average Bonchev–Trinajstić information content (AvgIpc) is 2.32. The molecule has 2 rings (SSSR count). The zero-order chi connectivity index (χ0) is 13.3. The summed E-state index contributed by atoms with van der Waals surface area (Å²) < 4.78 is 25.3. The van der Waals surface area contributed by atoms with Crippen molar-refractivity contribution in [3.05, 3.63) is 23.8 Å². The minimum Gasteiger partial charge on any atom is -0.398 e. The van der Waals surface area contributed by atoms with Crippen LogP contribution in [0.4, 0.5) is 5.69 Å². The second kappa shape index (κ2) is 4.92. The molecule has 0 amide bonds. The van der Waals surface area contributed by atoms with Crippen LogP contribution in [0.3, 0.4) is 0 Å². The summed E-state index contributed by atoms with van der Waals surface area (Å²) in [7, 11) is -3.23. The van der Waals surface area contributed by atoms with Gasteiger partial charge in [-0.3, -0.25) is 0 Å². The molecule has 0 aliphatic heterocycles. The Balaban J connectivity index is 2.39. The van der Waals surface area contributed by atoms with E-state index in [1.54, 1.807) is 25.1 Å². The first-order chi connectivity index (χ1) is 8.43. The van der Waals surface area contributed by atoms with Crippen LogP contribution < -0.4 is 5.73 Å². The molecule has 0 bridgehead atoms. The maximum absolute atomic E-state index is 12.7. The lowest BCUT2D eigenvalue weighted by atomic mass is 9.91. The predicted molar refractivity (Wildman–Crippen MR) is 74.2 cm³/mol. The highest BCUT2D eigenvalue weighted by molar-refractivity contribution is 7.92. The summed E-state index contributed by atoms with van der Waals surface area (Å²) in [6, 6.07) is 5.15. The number of benzene rings is 1. The Hall–Kier alpha value is -1.03. The van der Waals surface area contributed by atoms with Crippen molar-refractivity contribution < 1.29 is 8.42 Å². The third-order valence-electron chi connectivity index (χ3n) is 3.96. The fourth-order valence-electron chi connectivity index (χ4n) is 2.78. The zero-order valence-electron chi connectivity index (χ0n) is 11.0. The topological polar surface area (TPSA) is 60.2 Å². The Kier molecular flexibility index (Phi) is 3.66. The molecule has 1 aromatic rings. The van der Waals surface area contributed by atoms with Gasteiger partial charge in [0.05, 0.1) is 10.1 Å². The van der Waals surface area contributed by atoms with Crippen LogP contribution in [0.2, 0.25) is 0 Å². The van der Waals surface area contributed by atoms with Crippen LogP contribution in [0.1, 0.15) is 38.2 Å². The van der Waals surface area contributed by atoms with Gasteiger partial charge in [0.15, 0.2) is 9.84 Å². The van der Waals surface area contributed by atoms with Crippen molar-refractivity contribution >= 4 is 15.5 Å². The Morgan fingerprint density at radius 3 is 2.67 bits per heavy atom. The highest BCUT2D eigenvalue weighted by Crippen LogP contribution is 2.33. The number of hydrogen-bond donors (Lipinski definition) is 1. The SMILES string of the molecule is Cc1c(N)cccc1S(=O)(=O)C1CCCC(C)C1. The highest BCUT2D eigenvalue weighted by atomic mass is 32.2. The highest BCUT2D eigenvalue weighted by Gasteiger charge is 2.32. The Labute approximate surface area is 109 Å². The van der Waals surface area contributed by atoms with Gasteiger partial charge in [0.1, 0.15) is 0 Å². The first-order valence-electron chi connectivity index (χ1n) is 6.52. The third kappa shape index (κ3) is 2.39. The van der Waals surface area contributed by atoms with Gasteiger partial charge in [-0.15, -0.1) is 0 Å². The molecular formula is C14H21NO2S. The molecule has 4 heteroatoms. The van der Waals surface area contributed by atoms with E-state index >= 15 is 0 Å². The van der Waals surface area contributed by atoms with E-state index < -0.39 is 9.84 Å². The molecule has 2 N–H and O–H groups in total. The average molecular weight is 267 g/mol. The number of hydrogen-bond acceptors (Lipinski definition) is 3. The van der Waals surface area contributed by atoms with E-state index in [0.717, 1.165) is 25.7 Å². The van der Waals surface area contributed by atoms with Gasteiger partial charge in [-0.05, 0) is 43.4 Å². The first-order valence-corrected chi connectivity index (χ1v) is 8.06. The zero-order valence-corrected chi connectivity index (χ0v) is 11.8. The van der Waals surface area contributed by atoms with Crippen molar-refractivity contribution in [3.63, 3.8) is 0 Å². The van der Waals surface area contributed by atoms with Crippen molar-refractivity contribution in [2.75, 3.05) is 5.73 Å². The van der Waals surface area contributed by atoms with Crippen LogP contribution in [-0.2, 0) is 9.84 Å². The molecule has 1 saturated carbocycles. The van der Waals surface area contributed by atoms with Crippen LogP contribution in [0, 0.1) is 12.8 Å². The maximum Gasteiger partial charge on any atom is 0.181 e. The molecule has 2 unspecified atom stereocenters. The Bertz CT molecular complexity index is 537. The fraction of sp³-hybridized carbons (Fsp3) is 0.571. The lowest BCUT2D eigenvalue weighted by Crippen LogP contribution is -2.28. The maximum atomic E-state index is 12.7. The van der Waals surface area contributed by atoms with Crippen LogP contribution >= 0.6 is 0 Å². The smallest absolute Gasteiger partial charge is 0.181 e. The van der Waals surface area contributed by atoms with E-state index in [1.807, 2.05) is 0 Å². The monoisotopic (exact) mass is 267 g/mol. The molecule has 0 heterocycles. The van der Waals surface area contributed by atoms with E-state index in [2.05, 4.69) is 6.92 Å². The Morgan fingerprint density at radius 2 is 2.00 bits per heavy atom. The number of anilines is 1. The van der Waals surface area contributed by atoms with Crippen LogP contribution in [0.15, 0.2) is 23.1 Å². The van der Waals surface area contributed by atoms with Crippen LogP contribution in [0.5, 0.6) is 0 Å². The molecular weight excluding hydrogens is 246 g/mol. The summed E-state index contributed by atoms with van der Waals surface area (Å²) in [6.45, 7) is 3.92. The number of rotatable bonds is 2.